The molecule has 144 valence electrons. The minimum Gasteiger partial charge on any atom is -0.383 e. The van der Waals surface area contributed by atoms with E-state index in [1.54, 1.807) is 7.11 Å². The Balaban J connectivity index is 1.43. The number of nitrogens with one attached hydrogen (secondary N) is 1. The van der Waals surface area contributed by atoms with E-state index in [0.29, 0.717) is 19.2 Å². The maximum atomic E-state index is 12.4. The smallest absolute Gasteiger partial charge is 0.224 e. The van der Waals surface area contributed by atoms with Crippen LogP contribution in [0.5, 0.6) is 0 Å². The van der Waals surface area contributed by atoms with E-state index in [1.165, 1.54) is 18.4 Å². The van der Waals surface area contributed by atoms with Crippen molar-refractivity contribution < 1.29 is 9.53 Å². The summed E-state index contributed by atoms with van der Waals surface area (Å²) in [6, 6.07) is 11.4. The van der Waals surface area contributed by atoms with Crippen molar-refractivity contribution >= 4 is 5.91 Å². The first-order valence-corrected chi connectivity index (χ1v) is 10.0. The molecule has 1 amide bonds. The van der Waals surface area contributed by atoms with Crippen LogP contribution in [-0.2, 0) is 16.1 Å². The Morgan fingerprint density at radius 3 is 2.65 bits per heavy atom. The molecule has 2 heterocycles. The van der Waals surface area contributed by atoms with Crippen LogP contribution in [0.25, 0.3) is 0 Å². The quantitative estimate of drug-likeness (QED) is 0.758. The molecule has 0 aromatic heterocycles. The zero-order valence-corrected chi connectivity index (χ0v) is 16.0. The summed E-state index contributed by atoms with van der Waals surface area (Å²) in [7, 11) is 1.67. The number of benzene rings is 1. The maximum Gasteiger partial charge on any atom is 0.224 e. The number of methoxy groups -OCH3 is 1. The van der Waals surface area contributed by atoms with Crippen LogP contribution in [0.15, 0.2) is 30.3 Å². The molecule has 1 aromatic rings. The van der Waals surface area contributed by atoms with E-state index in [0.717, 1.165) is 45.6 Å². The van der Waals surface area contributed by atoms with Crippen molar-refractivity contribution in [3.8, 4) is 0 Å². The Morgan fingerprint density at radius 1 is 1.15 bits per heavy atom. The van der Waals surface area contributed by atoms with Crippen LogP contribution in [0.3, 0.4) is 0 Å². The van der Waals surface area contributed by atoms with Crippen LogP contribution in [0.4, 0.5) is 0 Å². The van der Waals surface area contributed by atoms with E-state index in [2.05, 4.69) is 45.4 Å². The van der Waals surface area contributed by atoms with Crippen molar-refractivity contribution in [2.45, 2.75) is 38.3 Å². The number of piperidine rings is 2. The van der Waals surface area contributed by atoms with Gasteiger partial charge in [0.1, 0.15) is 0 Å². The lowest BCUT2D eigenvalue weighted by Crippen LogP contribution is -2.50. The highest BCUT2D eigenvalue weighted by Crippen LogP contribution is 2.24. The topological polar surface area (TPSA) is 44.8 Å². The fourth-order valence-corrected chi connectivity index (χ4v) is 4.26. The fraction of sp³-hybridized carbons (Fsp3) is 0.667. The van der Waals surface area contributed by atoms with Gasteiger partial charge in [-0.2, -0.15) is 0 Å². The van der Waals surface area contributed by atoms with Crippen LogP contribution in [0.1, 0.15) is 31.2 Å². The first-order valence-electron chi connectivity index (χ1n) is 10.0. The third kappa shape index (κ3) is 5.53. The monoisotopic (exact) mass is 359 g/mol. The molecule has 0 saturated carbocycles. The van der Waals surface area contributed by atoms with Crippen molar-refractivity contribution in [2.75, 3.05) is 46.4 Å². The van der Waals surface area contributed by atoms with Crippen molar-refractivity contribution in [3.63, 3.8) is 0 Å². The number of likely N-dealkylation sites (tertiary alicyclic amines) is 2. The Morgan fingerprint density at radius 2 is 1.92 bits per heavy atom. The van der Waals surface area contributed by atoms with Gasteiger partial charge in [0.25, 0.3) is 0 Å². The van der Waals surface area contributed by atoms with E-state index in [9.17, 15) is 4.79 Å². The van der Waals surface area contributed by atoms with E-state index >= 15 is 0 Å². The van der Waals surface area contributed by atoms with Crippen molar-refractivity contribution in [1.29, 1.82) is 0 Å². The highest BCUT2D eigenvalue weighted by atomic mass is 16.5. The van der Waals surface area contributed by atoms with Crippen LogP contribution in [0.2, 0.25) is 0 Å². The Kier molecular flexibility index (Phi) is 7.47. The Bertz CT molecular complexity index is 543. The third-order valence-electron chi connectivity index (χ3n) is 5.75. The molecule has 0 unspecified atom stereocenters. The number of hydrogen-bond donors (Lipinski definition) is 1. The number of carbonyl (C=O) groups is 1. The molecule has 0 bridgehead atoms. The minimum atomic E-state index is 0.142. The summed E-state index contributed by atoms with van der Waals surface area (Å²) in [5, 5.41) is 3.01. The molecule has 0 spiro atoms. The molecule has 2 aliphatic rings. The van der Waals surface area contributed by atoms with E-state index < -0.39 is 0 Å². The number of hydrogen-bond acceptors (Lipinski definition) is 4. The van der Waals surface area contributed by atoms with Gasteiger partial charge >= 0.3 is 0 Å². The molecule has 0 radical (unpaired) electrons. The van der Waals surface area contributed by atoms with Crippen LogP contribution >= 0.6 is 0 Å². The molecule has 5 heteroatoms. The molecule has 2 fully saturated rings. The van der Waals surface area contributed by atoms with Gasteiger partial charge in [0, 0.05) is 32.8 Å². The number of ether oxygens (including phenoxy) is 1. The second-order valence-corrected chi connectivity index (χ2v) is 7.61. The largest absolute Gasteiger partial charge is 0.383 e. The lowest BCUT2D eigenvalue weighted by Gasteiger charge is -2.42. The normalized spacial score (nSPS) is 23.0. The van der Waals surface area contributed by atoms with Gasteiger partial charge in [0.2, 0.25) is 5.91 Å². The molecule has 3 rings (SSSR count). The number of carbonyl (C=O) groups excluding carboxylic acids is 1. The van der Waals surface area contributed by atoms with Crippen molar-refractivity contribution in [2.24, 2.45) is 5.92 Å². The van der Waals surface area contributed by atoms with Crippen molar-refractivity contribution in [1.82, 2.24) is 15.1 Å². The van der Waals surface area contributed by atoms with Gasteiger partial charge in [-0.05, 0) is 50.9 Å². The highest BCUT2D eigenvalue weighted by Gasteiger charge is 2.31. The van der Waals surface area contributed by atoms with E-state index in [-0.39, 0.29) is 11.8 Å². The molecule has 2 aliphatic heterocycles. The first-order chi connectivity index (χ1) is 12.8. The fourth-order valence-electron chi connectivity index (χ4n) is 4.26. The average Bonchev–Trinajstić information content (AvgIpc) is 2.69. The summed E-state index contributed by atoms with van der Waals surface area (Å²) in [5.74, 6) is 0.344. The lowest BCUT2D eigenvalue weighted by atomic mass is 9.93. The molecule has 5 nitrogen and oxygen atoms in total. The highest BCUT2D eigenvalue weighted by molar-refractivity contribution is 5.78. The summed E-state index contributed by atoms with van der Waals surface area (Å²) in [4.78, 5) is 17.5. The van der Waals surface area contributed by atoms with Gasteiger partial charge in [-0.25, -0.2) is 0 Å². The summed E-state index contributed by atoms with van der Waals surface area (Å²) < 4.78 is 5.02. The molecule has 1 aromatic carbocycles. The number of rotatable bonds is 7. The van der Waals surface area contributed by atoms with Crippen LogP contribution in [0, 0.1) is 5.92 Å². The minimum absolute atomic E-state index is 0.142. The van der Waals surface area contributed by atoms with Gasteiger partial charge in [-0.15, -0.1) is 0 Å². The molecule has 26 heavy (non-hydrogen) atoms. The van der Waals surface area contributed by atoms with Crippen LogP contribution in [-0.4, -0.2) is 68.2 Å². The maximum absolute atomic E-state index is 12.4. The SMILES string of the molecule is COCCNC(=O)[C@@H]1CCCN(C2CCN(Cc3ccccc3)CC2)C1. The zero-order chi connectivity index (χ0) is 18.2. The summed E-state index contributed by atoms with van der Waals surface area (Å²) in [6.07, 6.45) is 4.57. The molecular weight excluding hydrogens is 326 g/mol. The molecular formula is C21H33N3O2. The predicted octanol–water partition coefficient (Wildman–Crippen LogP) is 2.13. The van der Waals surface area contributed by atoms with E-state index in [1.807, 2.05) is 0 Å². The zero-order valence-electron chi connectivity index (χ0n) is 16.0. The van der Waals surface area contributed by atoms with Gasteiger partial charge < -0.3 is 10.1 Å². The van der Waals surface area contributed by atoms with Gasteiger partial charge in [0.15, 0.2) is 0 Å². The molecule has 2 saturated heterocycles. The van der Waals surface area contributed by atoms with Gasteiger partial charge in [0.05, 0.1) is 12.5 Å². The Hall–Kier alpha value is -1.43. The first kappa shape index (κ1) is 19.3. The van der Waals surface area contributed by atoms with Gasteiger partial charge in [-0.1, -0.05) is 30.3 Å². The summed E-state index contributed by atoms with van der Waals surface area (Å²) in [5.41, 5.74) is 1.40. The second kappa shape index (κ2) is 10.0. The van der Waals surface area contributed by atoms with Gasteiger partial charge in [-0.3, -0.25) is 14.6 Å². The molecule has 0 aliphatic carbocycles. The lowest BCUT2D eigenvalue weighted by molar-refractivity contribution is -0.127. The number of amides is 1. The summed E-state index contributed by atoms with van der Waals surface area (Å²) in [6.45, 7) is 6.62. The average molecular weight is 360 g/mol. The third-order valence-corrected chi connectivity index (χ3v) is 5.75. The summed E-state index contributed by atoms with van der Waals surface area (Å²) >= 11 is 0. The molecule has 1 atom stereocenters. The Labute approximate surface area is 157 Å². The standard InChI is InChI=1S/C21H33N3O2/c1-26-15-11-22-21(25)19-8-5-12-24(17-19)20-9-13-23(14-10-20)16-18-6-3-2-4-7-18/h2-4,6-7,19-20H,5,8-17H2,1H3,(H,22,25)/t19-/m1/s1. The van der Waals surface area contributed by atoms with E-state index in [4.69, 9.17) is 4.74 Å². The predicted molar refractivity (Wildman–Crippen MR) is 104 cm³/mol. The van der Waals surface area contributed by atoms with Crippen LogP contribution < -0.4 is 5.32 Å². The number of nitrogens with zero attached hydrogens (tertiary/aromatic N) is 2. The molecule has 1 N–H and O–H groups in total. The second-order valence-electron chi connectivity index (χ2n) is 7.61. The van der Waals surface area contributed by atoms with Crippen molar-refractivity contribution in [3.05, 3.63) is 35.9 Å².